The summed E-state index contributed by atoms with van der Waals surface area (Å²) in [5.41, 5.74) is -0.130. The van der Waals surface area contributed by atoms with Crippen molar-refractivity contribution in [2.75, 3.05) is 14.2 Å². The van der Waals surface area contributed by atoms with Crippen molar-refractivity contribution in [1.29, 1.82) is 0 Å². The molecule has 0 aromatic heterocycles. The highest BCUT2D eigenvalue weighted by atomic mass is 127. The molecule has 0 saturated heterocycles. The Morgan fingerprint density at radius 1 is 1.00 bits per heavy atom. The summed E-state index contributed by atoms with van der Waals surface area (Å²) in [5, 5.41) is 0. The summed E-state index contributed by atoms with van der Waals surface area (Å²) >= 11 is 1.80. The Morgan fingerprint density at radius 3 is 1.67 bits per heavy atom. The van der Waals surface area contributed by atoms with Crippen molar-refractivity contribution in [3.63, 3.8) is 0 Å². The van der Waals surface area contributed by atoms with Crippen LogP contribution in [-0.2, 0) is 19.1 Å². The highest BCUT2D eigenvalue weighted by molar-refractivity contribution is 14.1. The highest BCUT2D eigenvalue weighted by Crippen LogP contribution is 2.32. The summed E-state index contributed by atoms with van der Waals surface area (Å²) in [5.74, 6) is -1.02. The normalized spacial score (nSPS) is 12.9. The molecule has 0 saturated carbocycles. The fourth-order valence-electron chi connectivity index (χ4n) is 1.02. The van der Waals surface area contributed by atoms with Crippen molar-refractivity contribution in [3.8, 4) is 0 Å². The van der Waals surface area contributed by atoms with Crippen LogP contribution in [0.15, 0.2) is 9.15 Å². The van der Waals surface area contributed by atoms with E-state index in [1.807, 2.05) is 20.8 Å². The van der Waals surface area contributed by atoms with Crippen molar-refractivity contribution in [3.05, 3.63) is 9.15 Å². The number of carbonyl (C=O) groups is 2. The van der Waals surface area contributed by atoms with Gasteiger partial charge in [-0.05, 0) is 28.0 Å². The van der Waals surface area contributed by atoms with E-state index in [9.17, 15) is 9.59 Å². The first-order valence-electron chi connectivity index (χ1n) is 4.32. The molecule has 0 aromatic rings. The number of halogens is 1. The predicted molar refractivity (Wildman–Crippen MR) is 64.5 cm³/mol. The fourth-order valence-corrected chi connectivity index (χ4v) is 2.27. The Labute approximate surface area is 103 Å². The topological polar surface area (TPSA) is 52.6 Å². The Kier molecular flexibility index (Phi) is 5.27. The van der Waals surface area contributed by atoms with Gasteiger partial charge in [0.1, 0.15) is 3.58 Å². The second-order valence-corrected chi connectivity index (χ2v) is 5.00. The second-order valence-electron chi connectivity index (χ2n) is 3.92. The molecule has 5 heteroatoms. The molecule has 0 bridgehead atoms. The van der Waals surface area contributed by atoms with Crippen LogP contribution in [-0.4, -0.2) is 26.2 Å². The number of ether oxygens (including phenoxy) is 2. The van der Waals surface area contributed by atoms with Crippen molar-refractivity contribution < 1.29 is 19.1 Å². The molecule has 86 valence electrons. The van der Waals surface area contributed by atoms with Crippen LogP contribution < -0.4 is 0 Å². The maximum absolute atomic E-state index is 11.5. The van der Waals surface area contributed by atoms with E-state index in [0.717, 1.165) is 0 Å². The van der Waals surface area contributed by atoms with E-state index in [-0.39, 0.29) is 3.58 Å². The first kappa shape index (κ1) is 14.4. The standard InChI is InChI=1S/C10H15IO4/c1-10(2,3)6(8(12)14-4)7(11)9(13)15-5/h1-5H3/b7-6-. The molecule has 0 aromatic carbocycles. The van der Waals surface area contributed by atoms with E-state index in [0.29, 0.717) is 5.57 Å². The van der Waals surface area contributed by atoms with Crippen LogP contribution in [0.1, 0.15) is 20.8 Å². The predicted octanol–water partition coefficient (Wildman–Crippen LogP) is 2.07. The Morgan fingerprint density at radius 2 is 1.40 bits per heavy atom. The number of hydrogen-bond donors (Lipinski definition) is 0. The molecule has 0 N–H and O–H groups in total. The third-order valence-corrected chi connectivity index (χ3v) is 2.70. The number of rotatable bonds is 2. The van der Waals surface area contributed by atoms with Gasteiger partial charge in [0.2, 0.25) is 0 Å². The number of esters is 2. The van der Waals surface area contributed by atoms with Crippen LogP contribution in [0, 0.1) is 5.41 Å². The Bertz CT molecular complexity index is 299. The first-order valence-corrected chi connectivity index (χ1v) is 5.40. The van der Waals surface area contributed by atoms with E-state index >= 15 is 0 Å². The summed E-state index contributed by atoms with van der Waals surface area (Å²) < 4.78 is 9.47. The van der Waals surface area contributed by atoms with Gasteiger partial charge < -0.3 is 9.47 Å². The SMILES string of the molecule is COC(=O)/C(I)=C(\C(=O)OC)C(C)(C)C. The molecule has 0 radical (unpaired) electrons. The maximum atomic E-state index is 11.5. The van der Waals surface area contributed by atoms with E-state index < -0.39 is 17.4 Å². The molecular formula is C10H15IO4. The van der Waals surface area contributed by atoms with Crippen molar-refractivity contribution in [2.45, 2.75) is 20.8 Å². The fraction of sp³-hybridized carbons (Fsp3) is 0.600. The molecule has 0 aliphatic carbocycles. The molecule has 15 heavy (non-hydrogen) atoms. The van der Waals surface area contributed by atoms with Crippen LogP contribution in [0.3, 0.4) is 0 Å². The summed E-state index contributed by atoms with van der Waals surface area (Å²) in [6.45, 7) is 5.50. The van der Waals surface area contributed by atoms with Gasteiger partial charge in [0.25, 0.3) is 0 Å². The summed E-state index contributed by atoms with van der Waals surface area (Å²) in [6, 6.07) is 0. The van der Waals surface area contributed by atoms with E-state index in [2.05, 4.69) is 9.47 Å². The van der Waals surface area contributed by atoms with Crippen molar-refractivity contribution in [1.82, 2.24) is 0 Å². The molecule has 0 atom stereocenters. The Balaban J connectivity index is 5.46. The van der Waals surface area contributed by atoms with Gasteiger partial charge in [0.15, 0.2) is 0 Å². The van der Waals surface area contributed by atoms with Gasteiger partial charge in [-0.25, -0.2) is 9.59 Å². The molecule has 0 rings (SSSR count). The van der Waals surface area contributed by atoms with Gasteiger partial charge in [0.05, 0.1) is 19.8 Å². The van der Waals surface area contributed by atoms with Gasteiger partial charge in [-0.3, -0.25) is 0 Å². The first-order chi connectivity index (χ1) is 6.75. The third-order valence-electron chi connectivity index (χ3n) is 1.72. The van der Waals surface area contributed by atoms with Crippen LogP contribution in [0.4, 0.5) is 0 Å². The summed E-state index contributed by atoms with van der Waals surface area (Å²) in [7, 11) is 2.56. The minimum atomic E-state index is -0.522. The lowest BCUT2D eigenvalue weighted by molar-refractivity contribution is -0.139. The van der Waals surface area contributed by atoms with E-state index in [1.54, 1.807) is 22.6 Å². The molecule has 0 heterocycles. The van der Waals surface area contributed by atoms with Crippen LogP contribution in [0.25, 0.3) is 0 Å². The van der Waals surface area contributed by atoms with Crippen LogP contribution in [0.2, 0.25) is 0 Å². The molecule has 0 unspecified atom stereocenters. The lowest BCUT2D eigenvalue weighted by Gasteiger charge is -2.21. The smallest absolute Gasteiger partial charge is 0.344 e. The minimum absolute atomic E-state index is 0.259. The van der Waals surface area contributed by atoms with Crippen molar-refractivity contribution >= 4 is 34.5 Å². The van der Waals surface area contributed by atoms with Gasteiger partial charge in [-0.15, -0.1) is 0 Å². The molecule has 0 aliphatic rings. The lowest BCUT2D eigenvalue weighted by atomic mass is 9.86. The zero-order chi connectivity index (χ0) is 12.2. The second kappa shape index (κ2) is 5.48. The van der Waals surface area contributed by atoms with Crippen LogP contribution in [0.5, 0.6) is 0 Å². The molecular weight excluding hydrogens is 311 g/mol. The molecule has 0 fully saturated rings. The van der Waals surface area contributed by atoms with Crippen molar-refractivity contribution in [2.24, 2.45) is 5.41 Å². The molecule has 0 spiro atoms. The summed E-state index contributed by atoms with van der Waals surface area (Å²) in [6.07, 6.45) is 0. The number of carbonyl (C=O) groups excluding carboxylic acids is 2. The average molecular weight is 326 g/mol. The zero-order valence-corrected chi connectivity index (χ0v) is 11.7. The van der Waals surface area contributed by atoms with Crippen LogP contribution >= 0.6 is 22.6 Å². The van der Waals surface area contributed by atoms with E-state index in [1.165, 1.54) is 14.2 Å². The lowest BCUT2D eigenvalue weighted by Crippen LogP contribution is -2.22. The number of hydrogen-bond acceptors (Lipinski definition) is 4. The molecule has 0 aliphatic heterocycles. The number of methoxy groups -OCH3 is 2. The monoisotopic (exact) mass is 326 g/mol. The maximum Gasteiger partial charge on any atom is 0.344 e. The van der Waals surface area contributed by atoms with Gasteiger partial charge in [-0.1, -0.05) is 20.8 Å². The molecule has 4 nitrogen and oxygen atoms in total. The third kappa shape index (κ3) is 3.81. The quantitative estimate of drug-likeness (QED) is 0.443. The average Bonchev–Trinajstić information content (AvgIpc) is 2.14. The summed E-state index contributed by atoms with van der Waals surface area (Å²) in [4.78, 5) is 22.9. The Hall–Kier alpha value is -0.590. The highest BCUT2D eigenvalue weighted by Gasteiger charge is 2.30. The van der Waals surface area contributed by atoms with E-state index in [4.69, 9.17) is 0 Å². The van der Waals surface area contributed by atoms with Gasteiger partial charge in [-0.2, -0.15) is 0 Å². The van der Waals surface area contributed by atoms with Gasteiger partial charge >= 0.3 is 11.9 Å². The largest absolute Gasteiger partial charge is 0.466 e. The molecule has 0 amide bonds. The zero-order valence-electron chi connectivity index (χ0n) is 9.51. The van der Waals surface area contributed by atoms with Gasteiger partial charge in [0, 0.05) is 0 Å². The minimum Gasteiger partial charge on any atom is -0.466 e.